The molecule has 2 aliphatic rings. The Bertz CT molecular complexity index is 674. The maximum Gasteiger partial charge on any atom is 0.243 e. The van der Waals surface area contributed by atoms with Crippen LogP contribution in [0.2, 0.25) is 0 Å². The van der Waals surface area contributed by atoms with Gasteiger partial charge < -0.3 is 4.90 Å². The van der Waals surface area contributed by atoms with Crippen LogP contribution in [-0.2, 0) is 14.8 Å². The van der Waals surface area contributed by atoms with Crippen LogP contribution in [-0.4, -0.2) is 38.3 Å². The van der Waals surface area contributed by atoms with Crippen molar-refractivity contribution in [2.75, 3.05) is 24.5 Å². The number of benzene rings is 1. The van der Waals surface area contributed by atoms with E-state index < -0.39 is 10.0 Å². The van der Waals surface area contributed by atoms with Gasteiger partial charge in [0.25, 0.3) is 0 Å². The molecule has 2 aliphatic heterocycles. The van der Waals surface area contributed by atoms with Crippen molar-refractivity contribution in [1.82, 2.24) is 4.31 Å². The smallest absolute Gasteiger partial charge is 0.243 e. The lowest BCUT2D eigenvalue weighted by Gasteiger charge is -2.34. The van der Waals surface area contributed by atoms with Gasteiger partial charge in [0, 0.05) is 31.7 Å². The van der Waals surface area contributed by atoms with Gasteiger partial charge in [-0.05, 0) is 48.9 Å². The Morgan fingerprint density at radius 1 is 1.04 bits per heavy atom. The molecule has 5 nitrogen and oxygen atoms in total. The van der Waals surface area contributed by atoms with Crippen molar-refractivity contribution in [3.8, 4) is 0 Å². The second kappa shape index (κ2) is 6.24. The predicted octanol–water partition coefficient (Wildman–Crippen LogP) is 2.48. The van der Waals surface area contributed by atoms with E-state index >= 15 is 0 Å². The van der Waals surface area contributed by atoms with Gasteiger partial charge in [-0.3, -0.25) is 4.79 Å². The van der Waals surface area contributed by atoms with Crippen LogP contribution in [0.4, 0.5) is 5.69 Å². The summed E-state index contributed by atoms with van der Waals surface area (Å²) in [5, 5.41) is 0. The third-order valence-electron chi connectivity index (χ3n) is 4.69. The minimum Gasteiger partial charge on any atom is -0.312 e. The summed E-state index contributed by atoms with van der Waals surface area (Å²) in [6.45, 7) is 6.07. The molecule has 1 aromatic rings. The number of carbonyl (C=O) groups is 1. The molecule has 2 fully saturated rings. The number of amides is 1. The van der Waals surface area contributed by atoms with Crippen molar-refractivity contribution in [2.45, 2.75) is 38.0 Å². The molecule has 0 unspecified atom stereocenters. The van der Waals surface area contributed by atoms with E-state index in [1.807, 2.05) is 0 Å². The number of carbonyl (C=O) groups excluding carboxylic acids is 1. The van der Waals surface area contributed by atoms with E-state index in [9.17, 15) is 13.2 Å². The maximum atomic E-state index is 12.8. The largest absolute Gasteiger partial charge is 0.312 e. The molecule has 1 aromatic carbocycles. The Morgan fingerprint density at radius 3 is 2.17 bits per heavy atom. The third kappa shape index (κ3) is 3.28. The van der Waals surface area contributed by atoms with Gasteiger partial charge in [0.2, 0.25) is 15.9 Å². The first kappa shape index (κ1) is 16.5. The SMILES string of the molecule is C[C@H]1C[C@H](C)CN(S(=O)(=O)c2ccc(N3CCCC3=O)cc2)C1. The minimum atomic E-state index is -3.45. The Morgan fingerprint density at radius 2 is 1.65 bits per heavy atom. The van der Waals surface area contributed by atoms with Crippen LogP contribution >= 0.6 is 0 Å². The van der Waals surface area contributed by atoms with Crippen LogP contribution in [0.5, 0.6) is 0 Å². The molecule has 23 heavy (non-hydrogen) atoms. The molecular formula is C17H24N2O3S. The van der Waals surface area contributed by atoms with Crippen LogP contribution in [0, 0.1) is 11.8 Å². The fraction of sp³-hybridized carbons (Fsp3) is 0.588. The summed E-state index contributed by atoms with van der Waals surface area (Å²) >= 11 is 0. The van der Waals surface area contributed by atoms with Crippen molar-refractivity contribution in [1.29, 1.82) is 0 Å². The number of rotatable bonds is 3. The lowest BCUT2D eigenvalue weighted by Crippen LogP contribution is -2.42. The highest BCUT2D eigenvalue weighted by molar-refractivity contribution is 7.89. The second-order valence-corrected chi connectivity index (χ2v) is 8.85. The highest BCUT2D eigenvalue weighted by Crippen LogP contribution is 2.28. The van der Waals surface area contributed by atoms with Crippen molar-refractivity contribution in [2.24, 2.45) is 11.8 Å². The third-order valence-corrected chi connectivity index (χ3v) is 6.54. The van der Waals surface area contributed by atoms with Crippen LogP contribution in [0.1, 0.15) is 33.1 Å². The zero-order chi connectivity index (χ0) is 16.6. The molecule has 2 saturated heterocycles. The van der Waals surface area contributed by atoms with Gasteiger partial charge in [-0.1, -0.05) is 13.8 Å². The number of hydrogen-bond donors (Lipinski definition) is 0. The first-order valence-corrected chi connectivity index (χ1v) is 9.72. The summed E-state index contributed by atoms with van der Waals surface area (Å²) in [4.78, 5) is 13.8. The summed E-state index contributed by atoms with van der Waals surface area (Å²) in [6.07, 6.45) is 2.51. The fourth-order valence-corrected chi connectivity index (χ4v) is 5.35. The first-order chi connectivity index (χ1) is 10.9. The average molecular weight is 336 g/mol. The molecule has 126 valence electrons. The maximum absolute atomic E-state index is 12.8. The molecule has 0 aromatic heterocycles. The molecule has 2 atom stereocenters. The average Bonchev–Trinajstić information content (AvgIpc) is 2.92. The molecule has 3 rings (SSSR count). The Hall–Kier alpha value is -1.40. The van der Waals surface area contributed by atoms with Gasteiger partial charge in [-0.15, -0.1) is 0 Å². The summed E-state index contributed by atoms with van der Waals surface area (Å²) < 4.78 is 27.2. The standard InChI is InChI=1S/C17H24N2O3S/c1-13-10-14(2)12-18(11-13)23(21,22)16-7-5-15(6-8-16)19-9-3-4-17(19)20/h5-8,13-14H,3-4,9-12H2,1-2H3/t13-,14-/m0/s1. The van der Waals surface area contributed by atoms with E-state index in [0.717, 1.165) is 18.5 Å². The lowest BCUT2D eigenvalue weighted by molar-refractivity contribution is -0.117. The van der Waals surface area contributed by atoms with Crippen molar-refractivity contribution < 1.29 is 13.2 Å². The fourth-order valence-electron chi connectivity index (χ4n) is 3.67. The Labute approximate surface area is 138 Å². The molecule has 1 amide bonds. The van der Waals surface area contributed by atoms with E-state index in [1.54, 1.807) is 33.5 Å². The molecule has 0 saturated carbocycles. The van der Waals surface area contributed by atoms with Gasteiger partial charge in [0.15, 0.2) is 0 Å². The number of nitrogens with zero attached hydrogens (tertiary/aromatic N) is 2. The molecule has 2 heterocycles. The van der Waals surface area contributed by atoms with Crippen LogP contribution in [0.15, 0.2) is 29.2 Å². The van der Waals surface area contributed by atoms with Crippen molar-refractivity contribution >= 4 is 21.6 Å². The zero-order valence-electron chi connectivity index (χ0n) is 13.7. The number of anilines is 1. The van der Waals surface area contributed by atoms with Crippen LogP contribution in [0.3, 0.4) is 0 Å². The van der Waals surface area contributed by atoms with E-state index in [4.69, 9.17) is 0 Å². The quantitative estimate of drug-likeness (QED) is 0.852. The molecule has 6 heteroatoms. The highest BCUT2D eigenvalue weighted by Gasteiger charge is 2.32. The van der Waals surface area contributed by atoms with Gasteiger partial charge >= 0.3 is 0 Å². The molecule has 0 N–H and O–H groups in total. The predicted molar refractivity (Wildman–Crippen MR) is 89.7 cm³/mol. The van der Waals surface area contributed by atoms with E-state index in [2.05, 4.69) is 13.8 Å². The molecule has 0 spiro atoms. The van der Waals surface area contributed by atoms with Crippen molar-refractivity contribution in [3.63, 3.8) is 0 Å². The number of piperidine rings is 1. The molecule has 0 aliphatic carbocycles. The molecule has 0 bridgehead atoms. The topological polar surface area (TPSA) is 57.7 Å². The monoisotopic (exact) mass is 336 g/mol. The van der Waals surface area contributed by atoms with E-state index in [0.29, 0.717) is 42.8 Å². The van der Waals surface area contributed by atoms with E-state index in [1.165, 1.54) is 0 Å². The van der Waals surface area contributed by atoms with E-state index in [-0.39, 0.29) is 5.91 Å². The van der Waals surface area contributed by atoms with Crippen molar-refractivity contribution in [3.05, 3.63) is 24.3 Å². The van der Waals surface area contributed by atoms with Gasteiger partial charge in [-0.25, -0.2) is 8.42 Å². The highest BCUT2D eigenvalue weighted by atomic mass is 32.2. The summed E-state index contributed by atoms with van der Waals surface area (Å²) in [6, 6.07) is 6.74. The molecule has 0 radical (unpaired) electrons. The number of hydrogen-bond acceptors (Lipinski definition) is 3. The summed E-state index contributed by atoms with van der Waals surface area (Å²) in [5.74, 6) is 0.879. The normalized spacial score (nSPS) is 26.7. The Kier molecular flexibility index (Phi) is 4.47. The first-order valence-electron chi connectivity index (χ1n) is 8.28. The Balaban J connectivity index is 1.81. The second-order valence-electron chi connectivity index (χ2n) is 6.91. The zero-order valence-corrected chi connectivity index (χ0v) is 14.6. The van der Waals surface area contributed by atoms with Crippen LogP contribution in [0.25, 0.3) is 0 Å². The van der Waals surface area contributed by atoms with Gasteiger partial charge in [0.05, 0.1) is 4.90 Å². The van der Waals surface area contributed by atoms with Gasteiger partial charge in [0.1, 0.15) is 0 Å². The number of sulfonamides is 1. The summed E-state index contributed by atoms with van der Waals surface area (Å²) in [7, 11) is -3.45. The van der Waals surface area contributed by atoms with Crippen LogP contribution < -0.4 is 4.90 Å². The van der Waals surface area contributed by atoms with Gasteiger partial charge in [-0.2, -0.15) is 4.31 Å². The molecular weight excluding hydrogens is 312 g/mol. The lowest BCUT2D eigenvalue weighted by atomic mass is 9.94. The summed E-state index contributed by atoms with van der Waals surface area (Å²) in [5.41, 5.74) is 0.784. The minimum absolute atomic E-state index is 0.110.